The molecule has 3 rings (SSSR count). The number of ether oxygens (including phenoxy) is 1. The highest BCUT2D eigenvalue weighted by Gasteiger charge is 2.65. The van der Waals surface area contributed by atoms with Gasteiger partial charge in [-0.05, 0) is 11.8 Å². The maximum Gasteiger partial charge on any atom is 0.352 e. The summed E-state index contributed by atoms with van der Waals surface area (Å²) in [5, 5.41) is 21.1. The van der Waals surface area contributed by atoms with E-state index in [0.29, 0.717) is 0 Å². The Morgan fingerprint density at radius 2 is 1.94 bits per heavy atom. The number of esters is 1. The lowest BCUT2D eigenvalue weighted by Crippen LogP contribution is -2.78. The van der Waals surface area contributed by atoms with Gasteiger partial charge in [-0.15, -0.1) is 23.5 Å². The van der Waals surface area contributed by atoms with E-state index in [1.54, 1.807) is 24.5 Å². The zero-order valence-corrected chi connectivity index (χ0v) is 18.7. The van der Waals surface area contributed by atoms with Crippen LogP contribution in [-0.4, -0.2) is 73.7 Å². The van der Waals surface area contributed by atoms with Crippen molar-refractivity contribution >= 4 is 53.2 Å². The molecule has 1 aromatic carbocycles. The molecule has 1 aromatic rings. The maximum absolute atomic E-state index is 13.1. The van der Waals surface area contributed by atoms with Crippen molar-refractivity contribution < 1.29 is 38.9 Å². The predicted molar refractivity (Wildman–Crippen MR) is 116 cm³/mol. The fraction of sp³-hybridized carbons (Fsp3) is 0.350. The molecule has 1 saturated heterocycles. The average Bonchev–Trinajstić information content (AvgIpc) is 2.75. The number of nitrogens with one attached hydrogen (secondary N) is 1. The largest absolute Gasteiger partial charge is 0.480 e. The van der Waals surface area contributed by atoms with Gasteiger partial charge in [-0.2, -0.15) is 0 Å². The van der Waals surface area contributed by atoms with Crippen LogP contribution >= 0.6 is 23.5 Å². The zero-order chi connectivity index (χ0) is 23.6. The van der Waals surface area contributed by atoms with Crippen molar-refractivity contribution in [2.45, 2.75) is 23.1 Å². The van der Waals surface area contributed by atoms with Gasteiger partial charge in [0.05, 0.1) is 0 Å². The molecule has 2 heterocycles. The monoisotopic (exact) mass is 480 g/mol. The molecule has 2 aliphatic heterocycles. The first-order valence-corrected chi connectivity index (χ1v) is 11.6. The maximum atomic E-state index is 13.1. The highest BCUT2D eigenvalue weighted by atomic mass is 32.2. The molecule has 0 aliphatic carbocycles. The van der Waals surface area contributed by atoms with E-state index < -0.39 is 45.9 Å². The van der Waals surface area contributed by atoms with Crippen molar-refractivity contribution in [1.82, 2.24) is 10.2 Å². The summed E-state index contributed by atoms with van der Waals surface area (Å²) in [6.45, 7) is 0.919. The second-order valence-corrected chi connectivity index (χ2v) is 9.11. The zero-order valence-electron chi connectivity index (χ0n) is 17.1. The minimum atomic E-state index is -1.54. The second-order valence-electron chi connectivity index (χ2n) is 6.99. The Labute approximate surface area is 191 Å². The molecule has 170 valence electrons. The molecule has 3 N–H and O–H groups in total. The van der Waals surface area contributed by atoms with Crippen LogP contribution in [0.25, 0.3) is 0 Å². The third-order valence-corrected chi connectivity index (χ3v) is 7.72. The first kappa shape index (κ1) is 23.7. The molecule has 32 heavy (non-hydrogen) atoms. The van der Waals surface area contributed by atoms with Crippen LogP contribution in [-0.2, 0) is 28.7 Å². The van der Waals surface area contributed by atoms with Gasteiger partial charge < -0.3 is 20.3 Å². The summed E-state index contributed by atoms with van der Waals surface area (Å²) < 4.78 is 4.90. The number of carboxylic acid groups (broad SMARTS) is 2. The van der Waals surface area contributed by atoms with Crippen molar-refractivity contribution in [2.24, 2.45) is 0 Å². The molecule has 0 saturated carbocycles. The minimum absolute atomic E-state index is 0.155. The first-order valence-electron chi connectivity index (χ1n) is 9.33. The number of carbonyl (C=O) groups excluding carboxylic acids is 3. The molecule has 2 amide bonds. The van der Waals surface area contributed by atoms with Gasteiger partial charge in [0.2, 0.25) is 5.91 Å². The third kappa shape index (κ3) is 4.07. The highest BCUT2D eigenvalue weighted by molar-refractivity contribution is 8.05. The van der Waals surface area contributed by atoms with Crippen LogP contribution in [0.15, 0.2) is 41.6 Å². The summed E-state index contributed by atoms with van der Waals surface area (Å²) in [5.74, 6) is -6.27. The Balaban J connectivity index is 1.89. The van der Waals surface area contributed by atoms with Gasteiger partial charge >= 0.3 is 17.9 Å². The van der Waals surface area contributed by atoms with Crippen molar-refractivity contribution in [3.8, 4) is 0 Å². The van der Waals surface area contributed by atoms with Gasteiger partial charge in [0.25, 0.3) is 5.91 Å². The Hall–Kier alpha value is -2.99. The number of thioether (sulfide) groups is 2. The Kier molecular flexibility index (Phi) is 6.84. The van der Waals surface area contributed by atoms with E-state index >= 15 is 0 Å². The molecule has 2 aliphatic rings. The van der Waals surface area contributed by atoms with Crippen molar-refractivity contribution in [2.75, 3.05) is 18.6 Å². The highest BCUT2D eigenvalue weighted by Crippen LogP contribution is 2.50. The van der Waals surface area contributed by atoms with Crippen molar-refractivity contribution in [3.05, 3.63) is 47.2 Å². The van der Waals surface area contributed by atoms with Crippen LogP contribution in [0, 0.1) is 0 Å². The van der Waals surface area contributed by atoms with Crippen LogP contribution in [0.2, 0.25) is 0 Å². The van der Waals surface area contributed by atoms with E-state index in [1.807, 2.05) is 0 Å². The number of hydrogen-bond acceptors (Lipinski definition) is 8. The molecule has 3 atom stereocenters. The van der Waals surface area contributed by atoms with Crippen molar-refractivity contribution in [1.29, 1.82) is 0 Å². The summed E-state index contributed by atoms with van der Waals surface area (Å²) >= 11 is 2.20. The average molecular weight is 481 g/mol. The Morgan fingerprint density at radius 3 is 2.47 bits per heavy atom. The van der Waals surface area contributed by atoms with E-state index in [2.05, 4.69) is 5.32 Å². The molecular weight excluding hydrogens is 460 g/mol. The lowest BCUT2D eigenvalue weighted by atomic mass is 9.96. The van der Waals surface area contributed by atoms with Gasteiger partial charge in [-0.25, -0.2) is 4.79 Å². The molecule has 0 bridgehead atoms. The number of benzene rings is 1. The summed E-state index contributed by atoms with van der Waals surface area (Å²) in [6, 6.07) is 7.89. The van der Waals surface area contributed by atoms with Crippen LogP contribution < -0.4 is 5.32 Å². The molecule has 0 spiro atoms. The standard InChI is InChI=1S/C20H20N2O8S2/c1-10(23)30-8-12-9-32-19-20(31-2,18(29)22(19)14(12)17(27)28)21-15(24)13(16(25)26)11-6-4-3-5-7-11/h3-7,13,19H,8-9H2,1-2H3,(H,21,24)(H,25,26)(H,27,28)/t13?,19-,20?/m1/s1. The number of fused-ring (bicyclic) bond motifs is 1. The van der Waals surface area contributed by atoms with E-state index in [4.69, 9.17) is 4.74 Å². The molecule has 10 nitrogen and oxygen atoms in total. The van der Waals surface area contributed by atoms with Crippen LogP contribution in [0.1, 0.15) is 18.4 Å². The van der Waals surface area contributed by atoms with Crippen LogP contribution in [0.4, 0.5) is 0 Å². The minimum Gasteiger partial charge on any atom is -0.480 e. The summed E-state index contributed by atoms with van der Waals surface area (Å²) in [5.41, 5.74) is 0.219. The summed E-state index contributed by atoms with van der Waals surface area (Å²) in [6.07, 6.45) is 1.58. The lowest BCUT2D eigenvalue weighted by Gasteiger charge is -2.56. The third-order valence-electron chi connectivity index (χ3n) is 5.04. The van der Waals surface area contributed by atoms with Gasteiger partial charge in [-0.3, -0.25) is 24.1 Å². The SMILES string of the molecule is CSC1(NC(=O)C(C(=O)O)c2ccccc2)C(=O)N2C(C(=O)O)=C(COC(C)=O)CS[C@@H]21. The number of nitrogens with zero attached hydrogens (tertiary/aromatic N) is 1. The number of hydrogen-bond donors (Lipinski definition) is 3. The van der Waals surface area contributed by atoms with Crippen LogP contribution in [0.3, 0.4) is 0 Å². The molecule has 1 fully saturated rings. The van der Waals surface area contributed by atoms with Gasteiger partial charge in [0, 0.05) is 18.2 Å². The van der Waals surface area contributed by atoms with Gasteiger partial charge in [0.15, 0.2) is 10.8 Å². The smallest absolute Gasteiger partial charge is 0.352 e. The van der Waals surface area contributed by atoms with Gasteiger partial charge in [0.1, 0.15) is 17.7 Å². The second kappa shape index (κ2) is 9.25. The molecule has 12 heteroatoms. The Bertz CT molecular complexity index is 1010. The number of amides is 2. The lowest BCUT2D eigenvalue weighted by molar-refractivity contribution is -0.154. The number of rotatable bonds is 8. The number of carboxylic acids is 2. The van der Waals surface area contributed by atoms with Gasteiger partial charge in [-0.1, -0.05) is 30.3 Å². The Morgan fingerprint density at radius 1 is 1.28 bits per heavy atom. The summed E-state index contributed by atoms with van der Waals surface area (Å²) in [4.78, 5) is 60.4. The quantitative estimate of drug-likeness (QED) is 0.211. The van der Waals surface area contributed by atoms with E-state index in [0.717, 1.165) is 16.7 Å². The fourth-order valence-electron chi connectivity index (χ4n) is 3.55. The van der Waals surface area contributed by atoms with Crippen molar-refractivity contribution in [3.63, 3.8) is 0 Å². The van der Waals surface area contributed by atoms with Crippen LogP contribution in [0.5, 0.6) is 0 Å². The summed E-state index contributed by atoms with van der Waals surface area (Å²) in [7, 11) is 0. The molecular formula is C20H20N2O8S2. The predicted octanol–water partition coefficient (Wildman–Crippen LogP) is 0.847. The van der Waals surface area contributed by atoms with E-state index in [9.17, 15) is 34.2 Å². The number of β-lactam (4-membered cyclic amide) rings is 1. The number of aliphatic carboxylic acids is 2. The van der Waals surface area contributed by atoms with E-state index in [1.165, 1.54) is 30.8 Å². The molecule has 0 radical (unpaired) electrons. The first-order chi connectivity index (χ1) is 15.1. The molecule has 2 unspecified atom stereocenters. The fourth-order valence-corrected chi connectivity index (χ4v) is 6.15. The topological polar surface area (TPSA) is 150 Å². The van der Waals surface area contributed by atoms with E-state index in [-0.39, 0.29) is 29.2 Å². The number of carbonyl (C=O) groups is 5. The normalized spacial score (nSPS) is 23.0. The molecule has 0 aromatic heterocycles.